The highest BCUT2D eigenvalue weighted by Crippen LogP contribution is 2.34. The molecule has 0 unspecified atom stereocenters. The van der Waals surface area contributed by atoms with Crippen LogP contribution in [-0.4, -0.2) is 224 Å². The zero-order chi connectivity index (χ0) is 65.9. The third-order valence-electron chi connectivity index (χ3n) is 13.4. The SMILES string of the molecule is CCCN(CCCNC(=O)CC(C)(C)C)C(=O)C1=Cc2ccc(-c3cncc(S(=O)(=O)N4CC(CNC(=O)CCOCCOCCOCCOCCOCCOCCOCCOCCOCCOCCC(=O)Oc5c(F)c(F)cc(F)c5F)C4)c3)cc2N=C(N)C1. The summed E-state index contributed by atoms with van der Waals surface area (Å²) in [6, 6.07) is 7.04. The van der Waals surface area contributed by atoms with Gasteiger partial charge in [0.2, 0.25) is 45.1 Å². The number of fused-ring (bicyclic) bond motifs is 1. The summed E-state index contributed by atoms with van der Waals surface area (Å²) in [6.45, 7) is 16.5. The maximum atomic E-state index is 13.8. The molecule has 3 aromatic rings. The van der Waals surface area contributed by atoms with E-state index in [1.165, 1.54) is 10.5 Å². The molecule has 3 amide bonds. The van der Waals surface area contributed by atoms with Gasteiger partial charge in [-0.25, -0.2) is 22.2 Å². The summed E-state index contributed by atoms with van der Waals surface area (Å²) in [4.78, 5) is 61.1. The number of benzene rings is 2. The van der Waals surface area contributed by atoms with Gasteiger partial charge in [-0.05, 0) is 42.0 Å². The van der Waals surface area contributed by atoms with E-state index in [9.17, 15) is 45.2 Å². The average Bonchev–Trinajstić information content (AvgIpc) is 1.32. The van der Waals surface area contributed by atoms with Crippen molar-refractivity contribution in [3.8, 4) is 16.9 Å². The van der Waals surface area contributed by atoms with Crippen LogP contribution in [0.25, 0.3) is 17.2 Å². The second-order valence-corrected chi connectivity index (χ2v) is 24.2. The van der Waals surface area contributed by atoms with Crippen LogP contribution in [0.2, 0.25) is 0 Å². The molecule has 4 N–H and O–H groups in total. The maximum Gasteiger partial charge on any atom is 0.313 e. The largest absolute Gasteiger partial charge is 0.420 e. The number of aliphatic imine (C=N–C) groups is 1. The van der Waals surface area contributed by atoms with Gasteiger partial charge in [0.15, 0.2) is 11.6 Å². The molecule has 91 heavy (non-hydrogen) atoms. The number of amides is 3. The van der Waals surface area contributed by atoms with Crippen LogP contribution in [-0.2, 0) is 76.6 Å². The lowest BCUT2D eigenvalue weighted by Crippen LogP contribution is -2.53. The van der Waals surface area contributed by atoms with E-state index in [0.717, 1.165) is 6.42 Å². The summed E-state index contributed by atoms with van der Waals surface area (Å²) in [6.07, 6.45) is 6.38. The summed E-state index contributed by atoms with van der Waals surface area (Å²) in [5.41, 5.74) is 9.22. The maximum absolute atomic E-state index is 13.8. The minimum atomic E-state index is -3.88. The van der Waals surface area contributed by atoms with Crippen molar-refractivity contribution >= 4 is 51.3 Å². The number of carbonyl (C=O) groups is 4. The van der Waals surface area contributed by atoms with Gasteiger partial charge < -0.3 is 73.4 Å². The molecule has 2 aliphatic heterocycles. The Kier molecular flexibility index (Phi) is 34.5. The first-order chi connectivity index (χ1) is 43.7. The van der Waals surface area contributed by atoms with Gasteiger partial charge in [-0.15, -0.1) is 0 Å². The van der Waals surface area contributed by atoms with Crippen LogP contribution in [0.4, 0.5) is 23.2 Å². The molecule has 24 nitrogen and oxygen atoms in total. The fraction of sp³-hybridized carbons (Fsp3) is 0.613. The lowest BCUT2D eigenvalue weighted by molar-refractivity contribution is -0.136. The highest BCUT2D eigenvalue weighted by Gasteiger charge is 2.37. The Morgan fingerprint density at radius 3 is 1.66 bits per heavy atom. The van der Waals surface area contributed by atoms with Crippen LogP contribution in [0.15, 0.2) is 58.2 Å². The average molecular weight is 1310 g/mol. The number of hydrogen-bond acceptors (Lipinski definition) is 20. The van der Waals surface area contributed by atoms with Crippen LogP contribution in [0.3, 0.4) is 0 Å². The molecule has 508 valence electrons. The highest BCUT2D eigenvalue weighted by molar-refractivity contribution is 7.89. The van der Waals surface area contributed by atoms with Crippen molar-refractivity contribution in [1.82, 2.24) is 24.8 Å². The first kappa shape index (κ1) is 75.6. The molecule has 0 saturated carbocycles. The molecule has 0 atom stereocenters. The van der Waals surface area contributed by atoms with Gasteiger partial charge >= 0.3 is 5.97 Å². The first-order valence-electron chi connectivity index (χ1n) is 30.5. The van der Waals surface area contributed by atoms with Crippen LogP contribution < -0.4 is 21.1 Å². The van der Waals surface area contributed by atoms with Gasteiger partial charge in [0.05, 0.1) is 144 Å². The minimum Gasteiger partial charge on any atom is -0.420 e. The number of amidine groups is 1. The molecule has 1 fully saturated rings. The highest BCUT2D eigenvalue weighted by atomic mass is 32.2. The number of ether oxygens (including phenoxy) is 11. The summed E-state index contributed by atoms with van der Waals surface area (Å²) in [5, 5.41) is 5.82. The number of sulfonamides is 1. The monoisotopic (exact) mass is 1310 g/mol. The Bertz CT molecular complexity index is 2890. The van der Waals surface area contributed by atoms with E-state index in [4.69, 9.17) is 53.1 Å². The molecule has 1 saturated heterocycles. The second-order valence-electron chi connectivity index (χ2n) is 22.3. The van der Waals surface area contributed by atoms with Crippen LogP contribution in [0.1, 0.15) is 71.8 Å². The molecule has 2 aromatic carbocycles. The molecule has 29 heteroatoms. The molecular formula is C62H89F4N7O17S. The Labute approximate surface area is 530 Å². The molecule has 0 aliphatic carbocycles. The number of pyridine rings is 1. The van der Waals surface area contributed by atoms with Crippen molar-refractivity contribution in [3.63, 3.8) is 0 Å². The lowest BCUT2D eigenvalue weighted by atomic mass is 9.92. The van der Waals surface area contributed by atoms with E-state index in [1.54, 1.807) is 29.3 Å². The molecule has 2 aliphatic rings. The molecule has 0 spiro atoms. The van der Waals surface area contributed by atoms with Crippen molar-refractivity contribution in [1.29, 1.82) is 0 Å². The van der Waals surface area contributed by atoms with E-state index < -0.39 is 51.4 Å². The van der Waals surface area contributed by atoms with E-state index in [-0.39, 0.29) is 105 Å². The lowest BCUT2D eigenvalue weighted by Gasteiger charge is -2.38. The number of hydrogen-bond donors (Lipinski definition) is 3. The molecule has 0 radical (unpaired) electrons. The van der Waals surface area contributed by atoms with Crippen molar-refractivity contribution in [2.45, 2.75) is 71.1 Å². The number of rotatable bonds is 47. The minimum absolute atomic E-state index is 0.0109. The van der Waals surface area contributed by atoms with Gasteiger partial charge in [-0.2, -0.15) is 13.1 Å². The number of nitrogens with zero attached hydrogens (tertiary/aromatic N) is 4. The Morgan fingerprint density at radius 1 is 0.648 bits per heavy atom. The number of carbonyl (C=O) groups excluding carboxylic acids is 4. The van der Waals surface area contributed by atoms with Crippen LogP contribution in [0, 0.1) is 34.6 Å². The number of halogens is 4. The zero-order valence-electron chi connectivity index (χ0n) is 52.6. The number of nitrogens with two attached hydrogens (primary N) is 1. The Morgan fingerprint density at radius 2 is 1.15 bits per heavy atom. The molecule has 1 aromatic heterocycles. The first-order valence-corrected chi connectivity index (χ1v) is 32.0. The smallest absolute Gasteiger partial charge is 0.313 e. The number of nitrogens with one attached hydrogen (secondary N) is 2. The van der Waals surface area contributed by atoms with E-state index in [0.29, 0.717) is 166 Å². The predicted octanol–water partition coefficient (Wildman–Crippen LogP) is 5.55. The van der Waals surface area contributed by atoms with Crippen molar-refractivity contribution in [2.75, 3.05) is 171 Å². The Balaban J connectivity index is 0.786. The zero-order valence-corrected chi connectivity index (χ0v) is 53.4. The molecule has 5 rings (SSSR count). The van der Waals surface area contributed by atoms with Crippen LogP contribution >= 0.6 is 0 Å². The number of aromatic nitrogens is 1. The molecule has 0 bridgehead atoms. The van der Waals surface area contributed by atoms with Gasteiger partial charge in [0, 0.05) is 99.6 Å². The summed E-state index contributed by atoms with van der Waals surface area (Å²) >= 11 is 0. The van der Waals surface area contributed by atoms with E-state index in [2.05, 4.69) is 25.3 Å². The van der Waals surface area contributed by atoms with E-state index in [1.807, 2.05) is 39.8 Å². The van der Waals surface area contributed by atoms with Gasteiger partial charge in [0.1, 0.15) is 10.7 Å². The van der Waals surface area contributed by atoms with Gasteiger partial charge in [0.25, 0.3) is 0 Å². The quantitative estimate of drug-likeness (QED) is 0.0205. The van der Waals surface area contributed by atoms with Crippen molar-refractivity contribution in [2.24, 2.45) is 22.1 Å². The summed E-state index contributed by atoms with van der Waals surface area (Å²) in [5.74, 6) is -9.71. The Hall–Kier alpha value is -6.09. The third-order valence-corrected chi connectivity index (χ3v) is 15.2. The topological polar surface area (TPSA) is 286 Å². The number of esters is 1. The second kappa shape index (κ2) is 41.5. The fourth-order valence-electron chi connectivity index (χ4n) is 8.81. The predicted molar refractivity (Wildman–Crippen MR) is 327 cm³/mol. The fourth-order valence-corrected chi connectivity index (χ4v) is 10.4. The normalized spacial score (nSPS) is 13.7. The van der Waals surface area contributed by atoms with Crippen molar-refractivity contribution < 1.29 is 97.3 Å². The third kappa shape index (κ3) is 28.8. The summed E-state index contributed by atoms with van der Waals surface area (Å²) < 4.78 is 141. The van der Waals surface area contributed by atoms with Gasteiger partial charge in [-0.3, -0.25) is 24.2 Å². The standard InChI is InChI=1S/C62H89F4N7O17S/c1-5-12-72(13-6-11-69-56(75)39-62(2,3)4)61(77)48-34-47-8-7-46(36-53(47)71-54(67)37-48)49-35-50(42-68-41-49)91(78,79)73-43-45(44-73)40-70-55(74)9-14-80-16-18-82-20-22-84-24-26-86-28-30-88-32-33-89-31-29-87-27-25-85-23-21-83-19-17-81-15-10-57(76)90-60-58(65)51(63)38-52(64)59(60)66/h7-8,34-36,38,41-42,45H,5-6,9-33,37,39-40,43-44H2,1-4H3,(H2,67,71)(H,69,75)(H,70,74). The molecule has 3 heterocycles. The van der Waals surface area contributed by atoms with E-state index >= 15 is 0 Å². The van der Waals surface area contributed by atoms with Gasteiger partial charge in [-0.1, -0.05) is 39.8 Å². The van der Waals surface area contributed by atoms with Crippen LogP contribution in [0.5, 0.6) is 5.75 Å². The summed E-state index contributed by atoms with van der Waals surface area (Å²) in [7, 11) is -3.88. The van der Waals surface area contributed by atoms with Crippen molar-refractivity contribution in [3.05, 3.63) is 77.1 Å². The molecular weight excluding hydrogens is 1220 g/mol.